The van der Waals surface area contributed by atoms with E-state index in [9.17, 15) is 0 Å². The van der Waals surface area contributed by atoms with Crippen molar-refractivity contribution >= 4 is 11.8 Å². The molecule has 1 rings (SSSR count). The average molecular weight is 223 g/mol. The quantitative estimate of drug-likeness (QED) is 0.715. The number of thioether (sulfide) groups is 1. The first-order chi connectivity index (χ1) is 7.36. The molecule has 0 fully saturated rings. The van der Waals surface area contributed by atoms with Crippen LogP contribution in [0.25, 0.3) is 0 Å². The van der Waals surface area contributed by atoms with E-state index in [1.54, 1.807) is 0 Å². The molecule has 1 unspecified atom stereocenters. The van der Waals surface area contributed by atoms with Crippen LogP contribution in [0.2, 0.25) is 0 Å². The topological polar surface area (TPSA) is 26.0 Å². The largest absolute Gasteiger partial charge is 0.330 e. The molecule has 0 aliphatic carbocycles. The molecule has 0 spiro atoms. The molecular weight excluding hydrogens is 202 g/mol. The Morgan fingerprint density at radius 1 is 1.20 bits per heavy atom. The number of nitrogens with two attached hydrogens (primary N) is 1. The smallest absolute Gasteiger partial charge is 0.00719 e. The lowest BCUT2D eigenvalue weighted by Crippen LogP contribution is -2.14. The van der Waals surface area contributed by atoms with Crippen molar-refractivity contribution in [3.63, 3.8) is 0 Å². The van der Waals surface area contributed by atoms with Crippen LogP contribution >= 0.6 is 11.8 Å². The molecule has 15 heavy (non-hydrogen) atoms. The van der Waals surface area contributed by atoms with E-state index in [-0.39, 0.29) is 0 Å². The van der Waals surface area contributed by atoms with Crippen LogP contribution in [0.1, 0.15) is 26.2 Å². The molecule has 0 bridgehead atoms. The third-order valence-electron chi connectivity index (χ3n) is 2.57. The molecule has 0 radical (unpaired) electrons. The van der Waals surface area contributed by atoms with Crippen molar-refractivity contribution < 1.29 is 0 Å². The summed E-state index contributed by atoms with van der Waals surface area (Å²) >= 11 is 1.93. The molecule has 1 atom stereocenters. The summed E-state index contributed by atoms with van der Waals surface area (Å²) in [6, 6.07) is 10.6. The molecule has 1 aromatic carbocycles. The number of benzene rings is 1. The predicted octanol–water partition coefficient (Wildman–Crippen LogP) is 3.54. The maximum absolute atomic E-state index is 5.73. The van der Waals surface area contributed by atoms with E-state index < -0.39 is 0 Å². The summed E-state index contributed by atoms with van der Waals surface area (Å²) in [5.41, 5.74) is 5.73. The lowest BCUT2D eigenvalue weighted by Gasteiger charge is -2.12. The van der Waals surface area contributed by atoms with Gasteiger partial charge in [0, 0.05) is 4.90 Å². The molecule has 0 aliphatic heterocycles. The van der Waals surface area contributed by atoms with Gasteiger partial charge in [-0.15, -0.1) is 11.8 Å². The van der Waals surface area contributed by atoms with Crippen LogP contribution in [-0.4, -0.2) is 12.3 Å². The monoisotopic (exact) mass is 223 g/mol. The fourth-order valence-corrected chi connectivity index (χ4v) is 2.68. The molecule has 0 heterocycles. The SMILES string of the molecule is CCCC(CN)CCSc1ccccc1. The lowest BCUT2D eigenvalue weighted by molar-refractivity contribution is 0.479. The molecule has 2 N–H and O–H groups in total. The Bertz CT molecular complexity index is 248. The van der Waals surface area contributed by atoms with Crippen molar-refractivity contribution in [2.45, 2.75) is 31.1 Å². The Balaban J connectivity index is 2.20. The zero-order valence-corrected chi connectivity index (χ0v) is 10.3. The van der Waals surface area contributed by atoms with Crippen LogP contribution in [0.3, 0.4) is 0 Å². The zero-order chi connectivity index (χ0) is 10.9. The summed E-state index contributed by atoms with van der Waals surface area (Å²) in [5, 5.41) is 0. The highest BCUT2D eigenvalue weighted by Gasteiger charge is 2.04. The van der Waals surface area contributed by atoms with Gasteiger partial charge >= 0.3 is 0 Å². The van der Waals surface area contributed by atoms with E-state index in [1.807, 2.05) is 11.8 Å². The van der Waals surface area contributed by atoms with Gasteiger partial charge in [0.1, 0.15) is 0 Å². The van der Waals surface area contributed by atoms with E-state index in [0.717, 1.165) is 6.54 Å². The number of rotatable bonds is 7. The fraction of sp³-hybridized carbons (Fsp3) is 0.538. The van der Waals surface area contributed by atoms with Gasteiger partial charge in [-0.1, -0.05) is 31.5 Å². The van der Waals surface area contributed by atoms with Crippen LogP contribution in [0.4, 0.5) is 0 Å². The van der Waals surface area contributed by atoms with Gasteiger partial charge in [-0.25, -0.2) is 0 Å². The molecule has 0 aromatic heterocycles. The number of hydrogen-bond donors (Lipinski definition) is 1. The van der Waals surface area contributed by atoms with Gasteiger partial charge in [0.15, 0.2) is 0 Å². The Hall–Kier alpha value is -0.470. The second kappa shape index (κ2) is 7.77. The molecule has 84 valence electrons. The van der Waals surface area contributed by atoms with Crippen molar-refractivity contribution in [1.82, 2.24) is 0 Å². The van der Waals surface area contributed by atoms with Gasteiger partial charge in [0.2, 0.25) is 0 Å². The van der Waals surface area contributed by atoms with E-state index in [0.29, 0.717) is 5.92 Å². The standard InChI is InChI=1S/C13H21NS/c1-2-6-12(11-14)9-10-15-13-7-4-3-5-8-13/h3-5,7-8,12H,2,6,9-11,14H2,1H3. The van der Waals surface area contributed by atoms with Gasteiger partial charge in [0.05, 0.1) is 0 Å². The summed E-state index contributed by atoms with van der Waals surface area (Å²) in [6.07, 6.45) is 3.76. The first kappa shape index (κ1) is 12.6. The zero-order valence-electron chi connectivity index (χ0n) is 9.49. The minimum Gasteiger partial charge on any atom is -0.330 e. The van der Waals surface area contributed by atoms with Crippen LogP contribution in [0.15, 0.2) is 35.2 Å². The maximum Gasteiger partial charge on any atom is 0.00719 e. The molecule has 1 nitrogen and oxygen atoms in total. The highest BCUT2D eigenvalue weighted by atomic mass is 32.2. The highest BCUT2D eigenvalue weighted by Crippen LogP contribution is 2.21. The van der Waals surface area contributed by atoms with E-state index in [2.05, 4.69) is 37.3 Å². The molecule has 0 amide bonds. The lowest BCUT2D eigenvalue weighted by atomic mass is 10.0. The van der Waals surface area contributed by atoms with E-state index in [4.69, 9.17) is 5.73 Å². The number of hydrogen-bond acceptors (Lipinski definition) is 2. The molecule has 0 aliphatic rings. The first-order valence-electron chi connectivity index (χ1n) is 5.74. The molecule has 2 heteroatoms. The summed E-state index contributed by atoms with van der Waals surface area (Å²) in [4.78, 5) is 1.37. The van der Waals surface area contributed by atoms with Crippen molar-refractivity contribution in [2.24, 2.45) is 11.7 Å². The normalized spacial score (nSPS) is 12.7. The van der Waals surface area contributed by atoms with Gasteiger partial charge in [0.25, 0.3) is 0 Å². The average Bonchev–Trinajstić information content (AvgIpc) is 2.29. The van der Waals surface area contributed by atoms with Crippen LogP contribution < -0.4 is 5.73 Å². The Labute approximate surface area is 97.4 Å². The van der Waals surface area contributed by atoms with E-state index >= 15 is 0 Å². The van der Waals surface area contributed by atoms with Gasteiger partial charge < -0.3 is 5.73 Å². The van der Waals surface area contributed by atoms with Crippen molar-refractivity contribution in [1.29, 1.82) is 0 Å². The van der Waals surface area contributed by atoms with Crippen molar-refractivity contribution in [3.8, 4) is 0 Å². The van der Waals surface area contributed by atoms with Gasteiger partial charge in [-0.05, 0) is 43.2 Å². The van der Waals surface area contributed by atoms with Crippen molar-refractivity contribution in [3.05, 3.63) is 30.3 Å². The van der Waals surface area contributed by atoms with Crippen molar-refractivity contribution in [2.75, 3.05) is 12.3 Å². The molecule has 0 saturated carbocycles. The summed E-state index contributed by atoms with van der Waals surface area (Å²) in [7, 11) is 0. The van der Waals surface area contributed by atoms with Crippen LogP contribution in [0.5, 0.6) is 0 Å². The minimum atomic E-state index is 0.714. The summed E-state index contributed by atoms with van der Waals surface area (Å²) < 4.78 is 0. The van der Waals surface area contributed by atoms with Gasteiger partial charge in [-0.2, -0.15) is 0 Å². The van der Waals surface area contributed by atoms with E-state index in [1.165, 1.54) is 29.9 Å². The highest BCUT2D eigenvalue weighted by molar-refractivity contribution is 7.99. The fourth-order valence-electron chi connectivity index (χ4n) is 1.65. The molecular formula is C13H21NS. The minimum absolute atomic E-state index is 0.714. The third-order valence-corrected chi connectivity index (χ3v) is 3.61. The second-order valence-electron chi connectivity index (χ2n) is 3.84. The predicted molar refractivity (Wildman–Crippen MR) is 69.2 cm³/mol. The second-order valence-corrected chi connectivity index (χ2v) is 5.01. The van der Waals surface area contributed by atoms with Crippen LogP contribution in [0, 0.1) is 5.92 Å². The summed E-state index contributed by atoms with van der Waals surface area (Å²) in [6.45, 7) is 3.07. The Kier molecular flexibility index (Phi) is 6.53. The molecule has 1 aromatic rings. The molecule has 0 saturated heterocycles. The van der Waals surface area contributed by atoms with Gasteiger partial charge in [-0.3, -0.25) is 0 Å². The summed E-state index contributed by atoms with van der Waals surface area (Å²) in [5.74, 6) is 1.90. The third kappa shape index (κ3) is 5.24. The Morgan fingerprint density at radius 2 is 1.93 bits per heavy atom. The maximum atomic E-state index is 5.73. The first-order valence-corrected chi connectivity index (χ1v) is 6.73. The Morgan fingerprint density at radius 3 is 2.53 bits per heavy atom. The van der Waals surface area contributed by atoms with Crippen LogP contribution in [-0.2, 0) is 0 Å².